The molecule has 1 aromatic heterocycles. The zero-order valence-corrected chi connectivity index (χ0v) is 12.1. The van der Waals surface area contributed by atoms with Gasteiger partial charge in [0, 0.05) is 23.6 Å². The predicted octanol–water partition coefficient (Wildman–Crippen LogP) is 2.85. The summed E-state index contributed by atoms with van der Waals surface area (Å²) in [6.07, 6.45) is 3.66. The lowest BCUT2D eigenvalue weighted by atomic mass is 10.1. The zero-order valence-electron chi connectivity index (χ0n) is 12.1. The molecule has 0 atom stereocenters. The van der Waals surface area contributed by atoms with E-state index in [0.717, 1.165) is 11.3 Å². The van der Waals surface area contributed by atoms with Gasteiger partial charge in [0.15, 0.2) is 0 Å². The molecule has 0 aliphatic rings. The number of rotatable bonds is 3. The van der Waals surface area contributed by atoms with Crippen LogP contribution in [0.15, 0.2) is 42.7 Å². The lowest BCUT2D eigenvalue weighted by Crippen LogP contribution is -2.43. The van der Waals surface area contributed by atoms with E-state index < -0.39 is 0 Å². The third-order valence-corrected chi connectivity index (χ3v) is 2.58. The molecule has 0 saturated heterocycles. The van der Waals surface area contributed by atoms with Crippen molar-refractivity contribution >= 4 is 11.7 Å². The molecular weight excluding hydrogens is 252 g/mol. The first-order valence-corrected chi connectivity index (χ1v) is 6.58. The van der Waals surface area contributed by atoms with Gasteiger partial charge in [-0.3, -0.25) is 4.68 Å². The first-order valence-electron chi connectivity index (χ1n) is 6.58. The van der Waals surface area contributed by atoms with Gasteiger partial charge < -0.3 is 10.6 Å². The summed E-state index contributed by atoms with van der Waals surface area (Å²) >= 11 is 0. The van der Waals surface area contributed by atoms with Gasteiger partial charge in [-0.2, -0.15) is 5.10 Å². The largest absolute Gasteiger partial charge is 0.333 e. The van der Waals surface area contributed by atoms with Crippen LogP contribution >= 0.6 is 0 Å². The molecule has 5 nitrogen and oxygen atoms in total. The van der Waals surface area contributed by atoms with Crippen LogP contribution in [0, 0.1) is 0 Å². The van der Waals surface area contributed by atoms with Crippen molar-refractivity contribution in [2.45, 2.75) is 32.9 Å². The number of urea groups is 1. The van der Waals surface area contributed by atoms with Gasteiger partial charge in [-0.05, 0) is 44.5 Å². The second-order valence-corrected chi connectivity index (χ2v) is 5.73. The first-order chi connectivity index (χ1) is 9.42. The van der Waals surface area contributed by atoms with Gasteiger partial charge in [0.25, 0.3) is 0 Å². The molecular formula is C15H20N4O. The van der Waals surface area contributed by atoms with Crippen molar-refractivity contribution in [3.8, 4) is 0 Å². The summed E-state index contributed by atoms with van der Waals surface area (Å²) in [5, 5.41) is 9.87. The molecule has 0 aliphatic heterocycles. The lowest BCUT2D eigenvalue weighted by molar-refractivity contribution is 0.244. The quantitative estimate of drug-likeness (QED) is 0.902. The Balaban J connectivity index is 2.01. The molecule has 0 spiro atoms. The molecule has 0 unspecified atom stereocenters. The number of amides is 2. The van der Waals surface area contributed by atoms with Gasteiger partial charge >= 0.3 is 6.03 Å². The minimum absolute atomic E-state index is 0.200. The van der Waals surface area contributed by atoms with Gasteiger partial charge in [-0.25, -0.2) is 4.79 Å². The lowest BCUT2D eigenvalue weighted by Gasteiger charge is -2.20. The smallest absolute Gasteiger partial charge is 0.319 e. The van der Waals surface area contributed by atoms with Crippen LogP contribution in [0.1, 0.15) is 26.3 Å². The monoisotopic (exact) mass is 272 g/mol. The Bertz CT molecular complexity index is 570. The summed E-state index contributed by atoms with van der Waals surface area (Å²) < 4.78 is 1.84. The van der Waals surface area contributed by atoms with Gasteiger partial charge in [0.2, 0.25) is 0 Å². The van der Waals surface area contributed by atoms with E-state index in [2.05, 4.69) is 15.7 Å². The SMILES string of the molecule is CC(C)(C)NC(=O)Nc1cccc(Cn2cccn2)c1. The number of carbonyl (C=O) groups is 1. The Hall–Kier alpha value is -2.30. The predicted molar refractivity (Wildman–Crippen MR) is 79.7 cm³/mol. The number of nitrogens with zero attached hydrogens (tertiary/aromatic N) is 2. The molecule has 2 N–H and O–H groups in total. The summed E-state index contributed by atoms with van der Waals surface area (Å²) in [6.45, 7) is 6.52. The van der Waals surface area contributed by atoms with E-state index in [-0.39, 0.29) is 11.6 Å². The van der Waals surface area contributed by atoms with Crippen molar-refractivity contribution in [2.75, 3.05) is 5.32 Å². The van der Waals surface area contributed by atoms with E-state index in [0.29, 0.717) is 6.54 Å². The molecule has 0 bridgehead atoms. The standard InChI is InChI=1S/C15H20N4O/c1-15(2,3)18-14(20)17-13-7-4-6-12(10-13)11-19-9-5-8-16-19/h4-10H,11H2,1-3H3,(H2,17,18,20). The van der Waals surface area contributed by atoms with Crippen LogP contribution in [0.3, 0.4) is 0 Å². The first kappa shape index (κ1) is 14.1. The zero-order chi connectivity index (χ0) is 14.6. The van der Waals surface area contributed by atoms with Gasteiger partial charge in [-0.1, -0.05) is 12.1 Å². The molecule has 1 heterocycles. The molecule has 106 valence electrons. The second-order valence-electron chi connectivity index (χ2n) is 5.73. The molecule has 2 amide bonds. The van der Waals surface area contributed by atoms with Crippen LogP contribution in [-0.4, -0.2) is 21.4 Å². The fourth-order valence-electron chi connectivity index (χ4n) is 1.83. The number of carbonyl (C=O) groups excluding carboxylic acids is 1. The summed E-state index contributed by atoms with van der Waals surface area (Å²) in [5.41, 5.74) is 1.61. The van der Waals surface area contributed by atoms with Crippen molar-refractivity contribution in [3.05, 3.63) is 48.3 Å². The average Bonchev–Trinajstić information content (AvgIpc) is 2.79. The molecule has 0 saturated carbocycles. The van der Waals surface area contributed by atoms with Gasteiger partial charge in [-0.15, -0.1) is 0 Å². The molecule has 5 heteroatoms. The fraction of sp³-hybridized carbons (Fsp3) is 0.333. The number of nitrogens with one attached hydrogen (secondary N) is 2. The molecule has 0 fully saturated rings. The molecule has 2 aromatic rings. The van der Waals surface area contributed by atoms with Crippen molar-refractivity contribution in [2.24, 2.45) is 0 Å². The summed E-state index contributed by atoms with van der Waals surface area (Å²) in [4.78, 5) is 11.8. The minimum atomic E-state index is -0.253. The highest BCUT2D eigenvalue weighted by atomic mass is 16.2. The summed E-state index contributed by atoms with van der Waals surface area (Å²) in [5.74, 6) is 0. The van der Waals surface area contributed by atoms with Crippen LogP contribution in [0.5, 0.6) is 0 Å². The minimum Gasteiger partial charge on any atom is -0.333 e. The van der Waals surface area contributed by atoms with Crippen LogP contribution in [0.2, 0.25) is 0 Å². The van der Waals surface area contributed by atoms with Gasteiger partial charge in [0.05, 0.1) is 6.54 Å². The van der Waals surface area contributed by atoms with Crippen LogP contribution < -0.4 is 10.6 Å². The number of benzene rings is 1. The molecule has 2 rings (SSSR count). The van der Waals surface area contributed by atoms with E-state index in [1.54, 1.807) is 6.20 Å². The van der Waals surface area contributed by atoms with Crippen LogP contribution in [0.4, 0.5) is 10.5 Å². The Morgan fingerprint density at radius 1 is 1.30 bits per heavy atom. The maximum absolute atomic E-state index is 11.8. The summed E-state index contributed by atoms with van der Waals surface area (Å²) in [6, 6.07) is 9.44. The van der Waals surface area contributed by atoms with E-state index in [9.17, 15) is 4.79 Å². The maximum atomic E-state index is 11.8. The number of aromatic nitrogens is 2. The fourth-order valence-corrected chi connectivity index (χ4v) is 1.83. The molecule has 1 aromatic carbocycles. The molecule has 0 radical (unpaired) electrons. The summed E-state index contributed by atoms with van der Waals surface area (Å²) in [7, 11) is 0. The highest BCUT2D eigenvalue weighted by molar-refractivity contribution is 5.89. The van der Waals surface area contributed by atoms with E-state index >= 15 is 0 Å². The third kappa shape index (κ3) is 4.42. The van der Waals surface area contributed by atoms with E-state index in [4.69, 9.17) is 0 Å². The topological polar surface area (TPSA) is 59.0 Å². The number of hydrogen-bond acceptors (Lipinski definition) is 2. The highest BCUT2D eigenvalue weighted by Gasteiger charge is 2.13. The Kier molecular flexibility index (Phi) is 4.08. The third-order valence-electron chi connectivity index (χ3n) is 2.58. The number of anilines is 1. The van der Waals surface area contributed by atoms with E-state index in [1.807, 2.05) is 62.0 Å². The number of hydrogen-bond donors (Lipinski definition) is 2. The normalized spacial score (nSPS) is 11.2. The Labute approximate surface area is 119 Å². The molecule has 0 aliphatic carbocycles. The van der Waals surface area contributed by atoms with Crippen LogP contribution in [0.25, 0.3) is 0 Å². The second kappa shape index (κ2) is 5.77. The average molecular weight is 272 g/mol. The van der Waals surface area contributed by atoms with Crippen molar-refractivity contribution in [1.29, 1.82) is 0 Å². The maximum Gasteiger partial charge on any atom is 0.319 e. The van der Waals surface area contributed by atoms with Crippen LogP contribution in [-0.2, 0) is 6.54 Å². The van der Waals surface area contributed by atoms with Gasteiger partial charge in [0.1, 0.15) is 0 Å². The Morgan fingerprint density at radius 2 is 2.10 bits per heavy atom. The molecule has 20 heavy (non-hydrogen) atoms. The Morgan fingerprint density at radius 3 is 2.75 bits per heavy atom. The highest BCUT2D eigenvalue weighted by Crippen LogP contribution is 2.12. The van der Waals surface area contributed by atoms with E-state index in [1.165, 1.54) is 0 Å². The van der Waals surface area contributed by atoms with Crippen molar-refractivity contribution < 1.29 is 4.79 Å². The van der Waals surface area contributed by atoms with Crippen molar-refractivity contribution in [3.63, 3.8) is 0 Å². The van der Waals surface area contributed by atoms with Crippen molar-refractivity contribution in [1.82, 2.24) is 15.1 Å².